The molecule has 4 rings (SSSR count). The number of carbonyl (C=O) groups excluding carboxylic acids is 1. The van der Waals surface area contributed by atoms with Crippen molar-refractivity contribution in [3.63, 3.8) is 0 Å². The van der Waals surface area contributed by atoms with Gasteiger partial charge in [-0.25, -0.2) is 4.39 Å². The summed E-state index contributed by atoms with van der Waals surface area (Å²) in [6, 6.07) is 6.85. The summed E-state index contributed by atoms with van der Waals surface area (Å²) in [6.07, 6.45) is 2.87. The first-order valence-corrected chi connectivity index (χ1v) is 9.41. The Bertz CT molecular complexity index is 706. The zero-order valence-electron chi connectivity index (χ0n) is 13.7. The third-order valence-electron chi connectivity index (χ3n) is 6.06. The highest BCUT2D eigenvalue weighted by atomic mass is 79.9. The minimum absolute atomic E-state index is 0.0106. The lowest BCUT2D eigenvalue weighted by Crippen LogP contribution is -2.61. The Balaban J connectivity index is 1.76. The van der Waals surface area contributed by atoms with Gasteiger partial charge in [0.1, 0.15) is 16.7 Å². The van der Waals surface area contributed by atoms with Gasteiger partial charge in [0.15, 0.2) is 0 Å². The molecule has 0 spiro atoms. The molecular weight excluding hydrogens is 373 g/mol. The van der Waals surface area contributed by atoms with Gasteiger partial charge in [-0.1, -0.05) is 41.1 Å². The van der Waals surface area contributed by atoms with Gasteiger partial charge in [-0.2, -0.15) is 0 Å². The van der Waals surface area contributed by atoms with E-state index < -0.39 is 4.83 Å². The summed E-state index contributed by atoms with van der Waals surface area (Å²) in [5, 5.41) is 3.15. The maximum atomic E-state index is 14.5. The molecule has 1 saturated carbocycles. The molecule has 1 aliphatic carbocycles. The quantitative estimate of drug-likeness (QED) is 0.737. The number of hydrogen-bond acceptors (Lipinski definition) is 2. The van der Waals surface area contributed by atoms with Crippen LogP contribution in [0.3, 0.4) is 0 Å². The van der Waals surface area contributed by atoms with Crippen LogP contribution in [0.2, 0.25) is 0 Å². The fraction of sp³-hybridized carbons (Fsp3) is 0.526. The average molecular weight is 394 g/mol. The fourth-order valence-electron chi connectivity index (χ4n) is 4.84. The highest BCUT2D eigenvalue weighted by Crippen LogP contribution is 2.51. The van der Waals surface area contributed by atoms with E-state index in [-0.39, 0.29) is 41.6 Å². The number of fused-ring (bicyclic) bond motifs is 2. The lowest BCUT2D eigenvalue weighted by atomic mass is 9.62. The molecule has 1 saturated heterocycles. The first kappa shape index (κ1) is 16.1. The normalized spacial score (nSPS) is 40.9. The summed E-state index contributed by atoms with van der Waals surface area (Å²) >= 11 is 3.54. The highest BCUT2D eigenvalue weighted by molar-refractivity contribution is 9.10. The van der Waals surface area contributed by atoms with Crippen molar-refractivity contribution in [1.29, 1.82) is 0 Å². The van der Waals surface area contributed by atoms with Gasteiger partial charge in [-0.15, -0.1) is 0 Å². The molecule has 2 aliphatic heterocycles. The molecule has 1 amide bonds. The number of rotatable bonds is 1. The van der Waals surface area contributed by atoms with Crippen LogP contribution < -0.4 is 5.32 Å². The smallest absolute Gasteiger partial charge is 0.234 e. The molecule has 128 valence electrons. The second-order valence-corrected chi connectivity index (χ2v) is 8.30. The molecule has 0 bridgehead atoms. The Morgan fingerprint density at radius 3 is 2.83 bits per heavy atom. The Kier molecular flexibility index (Phi) is 3.94. The molecule has 7 atom stereocenters. The average Bonchev–Trinajstić information content (AvgIpc) is 2.93. The minimum atomic E-state index is -0.411. The molecule has 0 radical (unpaired) electrons. The van der Waals surface area contributed by atoms with Gasteiger partial charge in [0.2, 0.25) is 5.91 Å². The van der Waals surface area contributed by atoms with E-state index in [0.29, 0.717) is 11.5 Å². The first-order chi connectivity index (χ1) is 11.5. The van der Waals surface area contributed by atoms with Crippen LogP contribution in [-0.4, -0.2) is 22.9 Å². The monoisotopic (exact) mass is 393 g/mol. The van der Waals surface area contributed by atoms with Crippen molar-refractivity contribution in [1.82, 2.24) is 5.32 Å². The lowest BCUT2D eigenvalue weighted by molar-refractivity contribution is -0.127. The van der Waals surface area contributed by atoms with Gasteiger partial charge in [-0.05, 0) is 36.5 Å². The van der Waals surface area contributed by atoms with Gasteiger partial charge in [0.25, 0.3) is 0 Å². The zero-order chi connectivity index (χ0) is 17.0. The zero-order valence-corrected chi connectivity index (χ0v) is 15.3. The molecule has 3 aliphatic rings. The Hall–Kier alpha value is -1.36. The van der Waals surface area contributed by atoms with Gasteiger partial charge in [0.05, 0.1) is 6.26 Å². The van der Waals surface area contributed by atoms with E-state index >= 15 is 0 Å². The van der Waals surface area contributed by atoms with Crippen LogP contribution in [0.5, 0.6) is 0 Å². The van der Waals surface area contributed by atoms with E-state index in [4.69, 9.17) is 4.74 Å². The van der Waals surface area contributed by atoms with E-state index in [1.54, 1.807) is 6.07 Å². The lowest BCUT2D eigenvalue weighted by Gasteiger charge is -2.50. The molecular formula is C19H21BrFNO2. The summed E-state index contributed by atoms with van der Waals surface area (Å²) in [7, 11) is 0. The number of carbonyl (C=O) groups is 1. The third kappa shape index (κ3) is 2.32. The number of halogens is 2. The maximum absolute atomic E-state index is 14.5. The number of alkyl halides is 1. The van der Waals surface area contributed by atoms with Crippen LogP contribution >= 0.6 is 15.9 Å². The van der Waals surface area contributed by atoms with Crippen molar-refractivity contribution in [2.75, 3.05) is 0 Å². The van der Waals surface area contributed by atoms with Crippen molar-refractivity contribution < 1.29 is 13.9 Å². The molecule has 3 nitrogen and oxygen atoms in total. The van der Waals surface area contributed by atoms with Crippen molar-refractivity contribution in [2.24, 2.45) is 17.8 Å². The maximum Gasteiger partial charge on any atom is 0.234 e. The second kappa shape index (κ2) is 5.87. The van der Waals surface area contributed by atoms with Gasteiger partial charge in [-0.3, -0.25) is 4.79 Å². The van der Waals surface area contributed by atoms with Crippen LogP contribution in [0, 0.1) is 23.6 Å². The van der Waals surface area contributed by atoms with Crippen molar-refractivity contribution in [3.8, 4) is 0 Å². The molecule has 24 heavy (non-hydrogen) atoms. The Labute approximate surface area is 149 Å². The number of nitrogens with one attached hydrogen (secondary N) is 1. The highest BCUT2D eigenvalue weighted by Gasteiger charge is 2.54. The first-order valence-electron chi connectivity index (χ1n) is 8.50. The minimum Gasteiger partial charge on any atom is -0.497 e. The summed E-state index contributed by atoms with van der Waals surface area (Å²) in [6.45, 7) is 4.23. The topological polar surface area (TPSA) is 38.3 Å². The van der Waals surface area contributed by atoms with E-state index in [1.165, 1.54) is 11.6 Å². The number of benzene rings is 1. The third-order valence-corrected chi connectivity index (χ3v) is 7.05. The van der Waals surface area contributed by atoms with Crippen LogP contribution in [0.15, 0.2) is 36.1 Å². The molecule has 1 aromatic carbocycles. The van der Waals surface area contributed by atoms with Crippen molar-refractivity contribution in [2.45, 2.75) is 43.2 Å². The van der Waals surface area contributed by atoms with Crippen molar-refractivity contribution >= 4 is 21.8 Å². The van der Waals surface area contributed by atoms with E-state index in [0.717, 1.165) is 6.42 Å². The van der Waals surface area contributed by atoms with Crippen LogP contribution in [0.1, 0.15) is 31.7 Å². The fourth-order valence-corrected chi connectivity index (χ4v) is 5.65. The van der Waals surface area contributed by atoms with E-state index in [2.05, 4.69) is 35.1 Å². The molecule has 5 heteroatoms. The van der Waals surface area contributed by atoms with E-state index in [9.17, 15) is 9.18 Å². The summed E-state index contributed by atoms with van der Waals surface area (Å²) in [5.41, 5.74) is 1.89. The number of hydrogen-bond donors (Lipinski definition) is 1. The van der Waals surface area contributed by atoms with Crippen LogP contribution in [0.25, 0.3) is 0 Å². The second-order valence-electron chi connectivity index (χ2n) is 7.31. The molecule has 1 aromatic rings. The summed E-state index contributed by atoms with van der Waals surface area (Å²) in [5.74, 6) is 0.278. The standard InChI is InChI=1S/C19H21BrFNO2/c1-9-8-24-18-10(2)17-13(7-12(9)18)15(16(20)19(23)22-17)11-5-3-4-6-14(11)21/h3-6,8,10,12-13,15-18H,7H2,1-2H3,(H,22,23). The predicted molar refractivity (Wildman–Crippen MR) is 93.2 cm³/mol. The van der Waals surface area contributed by atoms with Crippen LogP contribution in [0.4, 0.5) is 4.39 Å². The molecule has 1 N–H and O–H groups in total. The predicted octanol–water partition coefficient (Wildman–Crippen LogP) is 3.75. The molecule has 2 heterocycles. The van der Waals surface area contributed by atoms with Gasteiger partial charge < -0.3 is 10.1 Å². The van der Waals surface area contributed by atoms with Crippen molar-refractivity contribution in [3.05, 3.63) is 47.5 Å². The largest absolute Gasteiger partial charge is 0.497 e. The Morgan fingerprint density at radius 1 is 1.33 bits per heavy atom. The molecule has 7 unspecified atom stereocenters. The number of ether oxygens (including phenoxy) is 1. The summed E-state index contributed by atoms with van der Waals surface area (Å²) < 4.78 is 20.3. The molecule has 0 aromatic heterocycles. The number of piperidine rings is 1. The molecule has 2 fully saturated rings. The van der Waals surface area contributed by atoms with Gasteiger partial charge >= 0.3 is 0 Å². The van der Waals surface area contributed by atoms with E-state index in [1.807, 2.05) is 18.4 Å². The number of amides is 1. The van der Waals surface area contributed by atoms with Gasteiger partial charge in [0, 0.05) is 23.8 Å². The summed E-state index contributed by atoms with van der Waals surface area (Å²) in [4.78, 5) is 12.1. The Morgan fingerprint density at radius 2 is 2.08 bits per heavy atom. The SMILES string of the molecule is CC1=COC2C1CC1C(NC(=O)C(Br)C1c1ccccc1F)C2C. The van der Waals surface area contributed by atoms with Crippen LogP contribution in [-0.2, 0) is 9.53 Å².